The fourth-order valence-corrected chi connectivity index (χ4v) is 4.56. The maximum atomic E-state index is 11.9. The molecule has 0 saturated carbocycles. The van der Waals surface area contributed by atoms with Crippen molar-refractivity contribution in [1.82, 2.24) is 0 Å². The van der Waals surface area contributed by atoms with Crippen LogP contribution in [0.25, 0.3) is 16.3 Å². The smallest absolute Gasteiger partial charge is 0.336 e. The summed E-state index contributed by atoms with van der Waals surface area (Å²) in [5.41, 5.74) is 4.52. The first-order valence-corrected chi connectivity index (χ1v) is 9.95. The second-order valence-corrected chi connectivity index (χ2v) is 7.55. The highest BCUT2D eigenvalue weighted by molar-refractivity contribution is 6.06. The van der Waals surface area contributed by atoms with E-state index in [2.05, 4.69) is 0 Å². The molecule has 1 atom stereocenters. The van der Waals surface area contributed by atoms with E-state index in [0.29, 0.717) is 11.1 Å². The Balaban J connectivity index is 1.87. The zero-order valence-electron chi connectivity index (χ0n) is 16.4. The van der Waals surface area contributed by atoms with Crippen LogP contribution in [-0.4, -0.2) is 22.2 Å². The van der Waals surface area contributed by atoms with Gasteiger partial charge in [0.15, 0.2) is 0 Å². The Hall–Kier alpha value is -4.18. The first-order chi connectivity index (χ1) is 15.1. The number of aromatic carboxylic acids is 2. The number of carboxylic acids is 2. The van der Waals surface area contributed by atoms with Gasteiger partial charge in [0.05, 0.1) is 11.1 Å². The highest BCUT2D eigenvalue weighted by Crippen LogP contribution is 2.45. The molecule has 0 bridgehead atoms. The third-order valence-corrected chi connectivity index (χ3v) is 5.87. The summed E-state index contributed by atoms with van der Waals surface area (Å²) in [6.45, 7) is 0. The van der Waals surface area contributed by atoms with Crippen molar-refractivity contribution in [1.29, 1.82) is 0 Å². The maximum Gasteiger partial charge on any atom is 0.336 e. The van der Waals surface area contributed by atoms with Crippen molar-refractivity contribution in [2.75, 3.05) is 0 Å². The van der Waals surface area contributed by atoms with Crippen molar-refractivity contribution >= 4 is 28.3 Å². The molecule has 1 aliphatic rings. The lowest BCUT2D eigenvalue weighted by atomic mass is 9.76. The molecule has 0 aliphatic heterocycles. The summed E-state index contributed by atoms with van der Waals surface area (Å²) in [4.78, 5) is 23.9. The average Bonchev–Trinajstić information content (AvgIpc) is 2.79. The Kier molecular flexibility index (Phi) is 4.41. The van der Waals surface area contributed by atoms with E-state index >= 15 is 0 Å². The normalized spacial score (nSPS) is 14.8. The summed E-state index contributed by atoms with van der Waals surface area (Å²) in [5.74, 6) is -2.30. The molecule has 31 heavy (non-hydrogen) atoms. The van der Waals surface area contributed by atoms with Gasteiger partial charge in [-0.05, 0) is 50.7 Å². The summed E-state index contributed by atoms with van der Waals surface area (Å²) in [6.07, 6.45) is 2.00. The van der Waals surface area contributed by atoms with Crippen LogP contribution in [0, 0.1) is 0 Å². The van der Waals surface area contributed by atoms with Crippen LogP contribution < -0.4 is 0 Å². The molecule has 4 aromatic rings. The molecule has 150 valence electrons. The Morgan fingerprint density at radius 2 is 1.19 bits per heavy atom. The first kappa shape index (κ1) is 18.8. The molecule has 1 unspecified atom stereocenters. The van der Waals surface area contributed by atoms with E-state index < -0.39 is 11.9 Å². The van der Waals surface area contributed by atoms with Crippen LogP contribution >= 0.6 is 0 Å². The highest BCUT2D eigenvalue weighted by Gasteiger charge is 2.28. The van der Waals surface area contributed by atoms with Crippen molar-refractivity contribution in [3.05, 3.63) is 124 Å². The van der Waals surface area contributed by atoms with Crippen molar-refractivity contribution < 1.29 is 19.8 Å². The van der Waals surface area contributed by atoms with Crippen LogP contribution in [0.3, 0.4) is 0 Å². The number of carbonyl (C=O) groups is 2. The third-order valence-electron chi connectivity index (χ3n) is 5.87. The van der Waals surface area contributed by atoms with Crippen LogP contribution in [0.2, 0.25) is 0 Å². The molecule has 0 amide bonds. The zero-order chi connectivity index (χ0) is 21.5. The second kappa shape index (κ2) is 7.26. The standard InChI is InChI=1S/C27H18O4/c28-26(29)21-11-3-1-9-17(21)23-15-24(18-10-2-4-12-22(18)27(30)31)20-14-6-8-16-7-5-13-19(23)25(16)20/h1-15,23H,(H,28,29)(H,30,31). The number of hydrogen-bond acceptors (Lipinski definition) is 2. The van der Waals surface area contributed by atoms with E-state index in [1.54, 1.807) is 24.3 Å². The van der Waals surface area contributed by atoms with E-state index in [0.717, 1.165) is 27.5 Å². The molecule has 0 aromatic heterocycles. The van der Waals surface area contributed by atoms with E-state index in [9.17, 15) is 19.8 Å². The fraction of sp³-hybridized carbons (Fsp3) is 0.0370. The molecule has 0 fully saturated rings. The number of allylic oxidation sites excluding steroid dienone is 1. The van der Waals surface area contributed by atoms with Crippen molar-refractivity contribution in [2.24, 2.45) is 0 Å². The predicted octanol–water partition coefficient (Wildman–Crippen LogP) is 5.81. The molecule has 4 nitrogen and oxygen atoms in total. The van der Waals surface area contributed by atoms with Gasteiger partial charge in [-0.2, -0.15) is 0 Å². The number of carboxylic acid groups (broad SMARTS) is 2. The van der Waals surface area contributed by atoms with E-state index in [1.165, 1.54) is 0 Å². The maximum absolute atomic E-state index is 11.9. The summed E-state index contributed by atoms with van der Waals surface area (Å²) >= 11 is 0. The summed E-state index contributed by atoms with van der Waals surface area (Å²) in [5, 5.41) is 21.6. The van der Waals surface area contributed by atoms with Gasteiger partial charge in [-0.1, -0.05) is 78.9 Å². The number of hydrogen-bond donors (Lipinski definition) is 2. The van der Waals surface area contributed by atoms with Gasteiger partial charge in [0.1, 0.15) is 0 Å². The lowest BCUT2D eigenvalue weighted by Gasteiger charge is -2.27. The lowest BCUT2D eigenvalue weighted by molar-refractivity contribution is 0.0685. The van der Waals surface area contributed by atoms with Gasteiger partial charge in [0, 0.05) is 5.92 Å². The van der Waals surface area contributed by atoms with Crippen LogP contribution in [0.1, 0.15) is 48.9 Å². The summed E-state index contributed by atoms with van der Waals surface area (Å²) in [7, 11) is 0. The van der Waals surface area contributed by atoms with Gasteiger partial charge in [0.2, 0.25) is 0 Å². The zero-order valence-corrected chi connectivity index (χ0v) is 16.4. The van der Waals surface area contributed by atoms with Crippen LogP contribution in [-0.2, 0) is 0 Å². The minimum absolute atomic E-state index is 0.218. The van der Waals surface area contributed by atoms with Gasteiger partial charge in [-0.25, -0.2) is 9.59 Å². The lowest BCUT2D eigenvalue weighted by Crippen LogP contribution is -2.12. The Labute approximate surface area is 178 Å². The van der Waals surface area contributed by atoms with Crippen molar-refractivity contribution in [2.45, 2.75) is 5.92 Å². The summed E-state index contributed by atoms with van der Waals surface area (Å²) < 4.78 is 0. The minimum atomic E-state index is -0.995. The van der Waals surface area contributed by atoms with Gasteiger partial charge < -0.3 is 10.2 Å². The number of rotatable bonds is 4. The quantitative estimate of drug-likeness (QED) is 0.448. The monoisotopic (exact) mass is 406 g/mol. The molecular formula is C27H18O4. The van der Waals surface area contributed by atoms with E-state index in [4.69, 9.17) is 0 Å². The molecule has 4 heteroatoms. The minimum Gasteiger partial charge on any atom is -0.478 e. The first-order valence-electron chi connectivity index (χ1n) is 9.95. The average molecular weight is 406 g/mol. The van der Waals surface area contributed by atoms with Crippen LogP contribution in [0.4, 0.5) is 0 Å². The van der Waals surface area contributed by atoms with E-state index in [-0.39, 0.29) is 17.0 Å². The number of benzene rings is 4. The van der Waals surface area contributed by atoms with Crippen LogP contribution in [0.5, 0.6) is 0 Å². The Morgan fingerprint density at radius 1 is 0.613 bits per heavy atom. The summed E-state index contributed by atoms with van der Waals surface area (Å²) in [6, 6.07) is 25.9. The van der Waals surface area contributed by atoms with E-state index in [1.807, 2.05) is 66.7 Å². The molecule has 4 aromatic carbocycles. The fourth-order valence-electron chi connectivity index (χ4n) is 4.56. The Morgan fingerprint density at radius 3 is 1.94 bits per heavy atom. The SMILES string of the molecule is O=C(O)c1ccccc1C1=CC(c2ccccc2C(=O)O)c2cccc3cccc1c23. The second-order valence-electron chi connectivity index (χ2n) is 7.55. The molecule has 0 saturated heterocycles. The topological polar surface area (TPSA) is 74.6 Å². The van der Waals surface area contributed by atoms with Gasteiger partial charge in [-0.15, -0.1) is 0 Å². The molecule has 0 spiro atoms. The molecule has 2 N–H and O–H groups in total. The van der Waals surface area contributed by atoms with Crippen molar-refractivity contribution in [3.8, 4) is 0 Å². The van der Waals surface area contributed by atoms with Crippen LogP contribution in [0.15, 0.2) is 91.0 Å². The van der Waals surface area contributed by atoms with Gasteiger partial charge in [-0.3, -0.25) is 0 Å². The highest BCUT2D eigenvalue weighted by atomic mass is 16.4. The molecule has 0 radical (unpaired) electrons. The molecule has 1 aliphatic carbocycles. The predicted molar refractivity (Wildman–Crippen MR) is 120 cm³/mol. The molecule has 5 rings (SSSR count). The molecular weight excluding hydrogens is 388 g/mol. The van der Waals surface area contributed by atoms with Crippen molar-refractivity contribution in [3.63, 3.8) is 0 Å². The third kappa shape index (κ3) is 3.01. The Bertz CT molecular complexity index is 1390. The van der Waals surface area contributed by atoms with Gasteiger partial charge >= 0.3 is 11.9 Å². The largest absolute Gasteiger partial charge is 0.478 e. The molecule has 0 heterocycles. The van der Waals surface area contributed by atoms with Gasteiger partial charge in [0.25, 0.3) is 0 Å².